The summed E-state index contributed by atoms with van der Waals surface area (Å²) in [6, 6.07) is 23.7. The summed E-state index contributed by atoms with van der Waals surface area (Å²) in [7, 11) is -3.95. The number of amides is 3. The third kappa shape index (κ3) is 8.12. The van der Waals surface area contributed by atoms with E-state index in [-0.39, 0.29) is 42.4 Å². The molecule has 3 aromatic carbocycles. The third-order valence-electron chi connectivity index (χ3n) is 6.51. The molecule has 0 aromatic heterocycles. The summed E-state index contributed by atoms with van der Waals surface area (Å²) in [5.41, 5.74) is 9.01. The number of nitrogens with two attached hydrogens (primary N) is 1. The van der Waals surface area contributed by atoms with E-state index in [4.69, 9.17) is 10.5 Å². The van der Waals surface area contributed by atoms with Crippen LogP contribution in [0.3, 0.4) is 0 Å². The lowest BCUT2D eigenvalue weighted by Gasteiger charge is -2.29. The largest absolute Gasteiger partial charge is 0.443 e. The molecule has 0 aliphatic carbocycles. The van der Waals surface area contributed by atoms with Crippen molar-refractivity contribution in [3.63, 3.8) is 0 Å². The Morgan fingerprint density at radius 2 is 1.60 bits per heavy atom. The molecule has 0 unspecified atom stereocenters. The second kappa shape index (κ2) is 13.7. The minimum Gasteiger partial charge on any atom is -0.443 e. The highest BCUT2D eigenvalue weighted by Gasteiger charge is 2.30. The summed E-state index contributed by atoms with van der Waals surface area (Å²) in [6.45, 7) is 2.18. The Labute approximate surface area is 244 Å². The fraction of sp³-hybridized carbons (Fsp3) is 0.200. The Morgan fingerprint density at radius 3 is 2.26 bits per heavy atom. The maximum atomic E-state index is 13.1. The van der Waals surface area contributed by atoms with Crippen LogP contribution in [0.5, 0.6) is 0 Å². The molecule has 1 heterocycles. The van der Waals surface area contributed by atoms with E-state index in [1.165, 1.54) is 12.1 Å². The highest BCUT2D eigenvalue weighted by molar-refractivity contribution is 7.89. The molecule has 1 aliphatic heterocycles. The van der Waals surface area contributed by atoms with Crippen LogP contribution in [-0.4, -0.2) is 43.7 Å². The monoisotopic (exact) mass is 589 g/mol. The van der Waals surface area contributed by atoms with Crippen LogP contribution in [0, 0.1) is 0 Å². The van der Waals surface area contributed by atoms with Crippen molar-refractivity contribution in [2.75, 3.05) is 6.54 Å². The van der Waals surface area contributed by atoms with Gasteiger partial charge in [0.25, 0.3) is 15.9 Å². The summed E-state index contributed by atoms with van der Waals surface area (Å²) in [5.74, 6) is -0.957. The van der Waals surface area contributed by atoms with Crippen molar-refractivity contribution in [2.45, 2.75) is 37.8 Å². The van der Waals surface area contributed by atoms with Crippen LogP contribution in [0.25, 0.3) is 0 Å². The van der Waals surface area contributed by atoms with Gasteiger partial charge in [0, 0.05) is 24.2 Å². The molecule has 0 radical (unpaired) electrons. The molecule has 11 nitrogen and oxygen atoms in total. The van der Waals surface area contributed by atoms with Gasteiger partial charge in [-0.1, -0.05) is 78.4 Å². The van der Waals surface area contributed by atoms with Gasteiger partial charge in [0.1, 0.15) is 12.4 Å². The molecule has 0 fully saturated rings. The van der Waals surface area contributed by atoms with Crippen LogP contribution in [-0.2, 0) is 37.5 Å². The minimum atomic E-state index is -3.95. The Morgan fingerprint density at radius 1 is 0.952 bits per heavy atom. The van der Waals surface area contributed by atoms with E-state index in [0.717, 1.165) is 21.7 Å². The molecular formula is C30H31N5O6S. The zero-order chi connectivity index (χ0) is 30.1. The smallest absolute Gasteiger partial charge is 0.435 e. The molecule has 1 aliphatic rings. The van der Waals surface area contributed by atoms with Gasteiger partial charge in [-0.15, -0.1) is 4.83 Å². The van der Waals surface area contributed by atoms with Gasteiger partial charge in [0.2, 0.25) is 5.91 Å². The van der Waals surface area contributed by atoms with Crippen molar-refractivity contribution in [1.82, 2.24) is 15.2 Å². The van der Waals surface area contributed by atoms with Crippen molar-refractivity contribution in [3.05, 3.63) is 113 Å². The van der Waals surface area contributed by atoms with Crippen molar-refractivity contribution >= 4 is 33.8 Å². The van der Waals surface area contributed by atoms with Gasteiger partial charge < -0.3 is 15.8 Å². The van der Waals surface area contributed by atoms with E-state index in [1.807, 2.05) is 30.3 Å². The lowest BCUT2D eigenvalue weighted by molar-refractivity contribution is -0.131. The Kier molecular flexibility index (Phi) is 9.84. The first-order valence-electron chi connectivity index (χ1n) is 13.1. The number of sulfonamides is 1. The van der Waals surface area contributed by atoms with Gasteiger partial charge in [-0.3, -0.25) is 14.6 Å². The molecule has 12 heteroatoms. The number of ether oxygens (including phenoxy) is 1. The fourth-order valence-corrected chi connectivity index (χ4v) is 5.21. The van der Waals surface area contributed by atoms with E-state index in [9.17, 15) is 22.8 Å². The average molecular weight is 590 g/mol. The van der Waals surface area contributed by atoms with Gasteiger partial charge in [0.05, 0.1) is 11.3 Å². The van der Waals surface area contributed by atoms with Crippen molar-refractivity contribution in [1.29, 1.82) is 0 Å². The van der Waals surface area contributed by atoms with Crippen molar-refractivity contribution in [3.8, 4) is 0 Å². The SMILES string of the molecule is CC1=C(CC(=O)NCc2ccc(C(N)=NC(=O)OCc3ccccc3)cc2)C(=O)N(NS(=O)(=O)c2ccccc2)CC1. The number of amidine groups is 1. The Bertz CT molecular complexity index is 1600. The summed E-state index contributed by atoms with van der Waals surface area (Å²) in [4.78, 5) is 43.9. The van der Waals surface area contributed by atoms with E-state index in [0.29, 0.717) is 12.0 Å². The van der Waals surface area contributed by atoms with E-state index >= 15 is 0 Å². The molecule has 3 aromatic rings. The first-order valence-corrected chi connectivity index (χ1v) is 14.6. The highest BCUT2D eigenvalue weighted by Crippen LogP contribution is 2.22. The molecule has 0 spiro atoms. The van der Waals surface area contributed by atoms with E-state index in [2.05, 4.69) is 15.1 Å². The predicted octanol–water partition coefficient (Wildman–Crippen LogP) is 3.18. The van der Waals surface area contributed by atoms with Crippen LogP contribution >= 0.6 is 0 Å². The topological polar surface area (TPSA) is 160 Å². The second-order valence-electron chi connectivity index (χ2n) is 9.56. The van der Waals surface area contributed by atoms with Crippen LogP contribution < -0.4 is 15.9 Å². The van der Waals surface area contributed by atoms with Crippen LogP contribution in [0.2, 0.25) is 0 Å². The number of benzene rings is 3. The van der Waals surface area contributed by atoms with Crippen molar-refractivity contribution < 1.29 is 27.5 Å². The number of hydrogen-bond acceptors (Lipinski definition) is 6. The third-order valence-corrected chi connectivity index (χ3v) is 7.86. The van der Waals surface area contributed by atoms with Gasteiger partial charge in [-0.25, -0.2) is 13.2 Å². The van der Waals surface area contributed by atoms with Crippen LogP contribution in [0.4, 0.5) is 4.79 Å². The van der Waals surface area contributed by atoms with Crippen molar-refractivity contribution in [2.24, 2.45) is 10.7 Å². The zero-order valence-electron chi connectivity index (χ0n) is 22.9. The second-order valence-corrected chi connectivity index (χ2v) is 11.2. The summed E-state index contributed by atoms with van der Waals surface area (Å²) in [5, 5.41) is 3.80. The standard InChI is InChI=1S/C30H31N5O6S/c1-21-16-17-35(34-42(39,40)25-10-6-3-7-11-25)29(37)26(21)18-27(36)32-19-22-12-14-24(15-13-22)28(31)33-30(38)41-20-23-8-4-2-5-9-23/h2-15,34H,16-20H2,1H3,(H,32,36)(H2,31,33,38). The molecule has 0 saturated heterocycles. The molecule has 0 atom stereocenters. The number of carbonyl (C=O) groups excluding carboxylic acids is 3. The molecule has 3 amide bonds. The zero-order valence-corrected chi connectivity index (χ0v) is 23.8. The molecule has 0 bridgehead atoms. The lowest BCUT2D eigenvalue weighted by atomic mass is 9.98. The molecule has 218 valence electrons. The molecule has 0 saturated carbocycles. The average Bonchev–Trinajstić information content (AvgIpc) is 3.00. The summed E-state index contributed by atoms with van der Waals surface area (Å²) >= 11 is 0. The number of hydrazine groups is 1. The molecule has 42 heavy (non-hydrogen) atoms. The number of hydrogen-bond donors (Lipinski definition) is 3. The first kappa shape index (κ1) is 30.2. The maximum absolute atomic E-state index is 13.1. The number of rotatable bonds is 10. The molecule has 4 N–H and O–H groups in total. The van der Waals surface area contributed by atoms with Crippen LogP contribution in [0.15, 0.2) is 106 Å². The van der Waals surface area contributed by atoms with E-state index < -0.39 is 27.9 Å². The molecule has 4 rings (SSSR count). The van der Waals surface area contributed by atoms with Gasteiger partial charge in [-0.05, 0) is 36.6 Å². The maximum Gasteiger partial charge on any atom is 0.435 e. The van der Waals surface area contributed by atoms with E-state index in [1.54, 1.807) is 49.4 Å². The normalized spacial score (nSPS) is 14.1. The predicted molar refractivity (Wildman–Crippen MR) is 156 cm³/mol. The lowest BCUT2D eigenvalue weighted by Crippen LogP contribution is -2.49. The summed E-state index contributed by atoms with van der Waals surface area (Å²) < 4.78 is 30.5. The first-order chi connectivity index (χ1) is 20.1. The minimum absolute atomic E-state index is 0.00527. The Balaban J connectivity index is 1.28. The number of nitrogens with one attached hydrogen (secondary N) is 2. The highest BCUT2D eigenvalue weighted by atomic mass is 32.2. The van der Waals surface area contributed by atoms with Gasteiger partial charge in [-0.2, -0.15) is 4.99 Å². The number of nitrogens with zero attached hydrogens (tertiary/aromatic N) is 2. The summed E-state index contributed by atoms with van der Waals surface area (Å²) in [6.07, 6.45) is -0.576. The quantitative estimate of drug-likeness (QED) is 0.242. The van der Waals surface area contributed by atoms with Gasteiger partial charge in [0.15, 0.2) is 0 Å². The van der Waals surface area contributed by atoms with Gasteiger partial charge >= 0.3 is 6.09 Å². The number of carbonyl (C=O) groups is 3. The van der Waals surface area contributed by atoms with Crippen LogP contribution in [0.1, 0.15) is 36.5 Å². The molecular weight excluding hydrogens is 558 g/mol. The fourth-order valence-electron chi connectivity index (χ4n) is 4.12. The number of aliphatic imine (C=N–C) groups is 1. The Hall–Kier alpha value is -4.81.